The van der Waals surface area contributed by atoms with Crippen molar-refractivity contribution in [3.8, 4) is 5.69 Å². The number of aryl methyl sites for hydroxylation is 1. The lowest BCUT2D eigenvalue weighted by atomic mass is 10.2. The molecule has 1 aromatic carbocycles. The molecule has 0 saturated carbocycles. The molecule has 4 heterocycles. The molecule has 0 aliphatic carbocycles. The maximum absolute atomic E-state index is 12.7. The first kappa shape index (κ1) is 17.4. The second kappa shape index (κ2) is 7.01. The first-order chi connectivity index (χ1) is 14.2. The highest BCUT2D eigenvalue weighted by molar-refractivity contribution is 5.92. The van der Waals surface area contributed by atoms with E-state index in [1.165, 1.54) is 0 Å². The van der Waals surface area contributed by atoms with Gasteiger partial charge in [-0.05, 0) is 31.0 Å². The molecule has 1 N–H and O–H groups in total. The number of hydrogen-bond acceptors (Lipinski definition) is 6. The van der Waals surface area contributed by atoms with Crippen molar-refractivity contribution in [3.05, 3.63) is 66.5 Å². The van der Waals surface area contributed by atoms with E-state index in [2.05, 4.69) is 30.5 Å². The Balaban J connectivity index is 1.28. The van der Waals surface area contributed by atoms with Crippen LogP contribution in [0.25, 0.3) is 11.3 Å². The number of hydrogen-bond donors (Lipinski definition) is 1. The van der Waals surface area contributed by atoms with Crippen LogP contribution < -0.4 is 10.2 Å². The zero-order valence-electron chi connectivity index (χ0n) is 15.9. The van der Waals surface area contributed by atoms with Gasteiger partial charge in [-0.3, -0.25) is 9.20 Å². The van der Waals surface area contributed by atoms with Crippen molar-refractivity contribution in [3.63, 3.8) is 0 Å². The van der Waals surface area contributed by atoms with Crippen molar-refractivity contribution in [1.82, 2.24) is 34.7 Å². The molecule has 9 nitrogen and oxygen atoms in total. The molecule has 1 atom stereocenters. The first-order valence-electron chi connectivity index (χ1n) is 9.51. The Labute approximate surface area is 167 Å². The zero-order valence-corrected chi connectivity index (χ0v) is 15.9. The molecular weight excluding hydrogens is 368 g/mol. The second-order valence-electron chi connectivity index (χ2n) is 7.15. The van der Waals surface area contributed by atoms with Gasteiger partial charge < -0.3 is 10.2 Å². The van der Waals surface area contributed by atoms with Crippen LogP contribution in [0, 0.1) is 6.92 Å². The second-order valence-corrected chi connectivity index (χ2v) is 7.15. The number of benzene rings is 1. The Morgan fingerprint density at radius 1 is 1.21 bits per heavy atom. The van der Waals surface area contributed by atoms with Gasteiger partial charge in [0.2, 0.25) is 5.65 Å². The molecular formula is C20H20N8O. The van der Waals surface area contributed by atoms with Gasteiger partial charge in [-0.1, -0.05) is 18.2 Å². The van der Waals surface area contributed by atoms with Crippen molar-refractivity contribution < 1.29 is 4.79 Å². The van der Waals surface area contributed by atoms with Gasteiger partial charge in [-0.2, -0.15) is 5.10 Å². The van der Waals surface area contributed by atoms with Crippen LogP contribution in [0.1, 0.15) is 22.5 Å². The quantitative estimate of drug-likeness (QED) is 0.571. The van der Waals surface area contributed by atoms with E-state index in [9.17, 15) is 4.79 Å². The third-order valence-corrected chi connectivity index (χ3v) is 5.20. The van der Waals surface area contributed by atoms with Crippen molar-refractivity contribution in [2.24, 2.45) is 0 Å². The fourth-order valence-corrected chi connectivity index (χ4v) is 3.70. The topological polar surface area (TPSA) is 93.2 Å². The molecule has 1 fully saturated rings. The summed E-state index contributed by atoms with van der Waals surface area (Å²) in [5.41, 5.74) is 3.19. The summed E-state index contributed by atoms with van der Waals surface area (Å²) in [4.78, 5) is 19.3. The summed E-state index contributed by atoms with van der Waals surface area (Å²) in [5, 5.41) is 15.6. The van der Waals surface area contributed by atoms with Gasteiger partial charge in [0, 0.05) is 37.7 Å². The van der Waals surface area contributed by atoms with Crippen LogP contribution in [0.15, 0.2) is 55.2 Å². The minimum atomic E-state index is -0.169. The van der Waals surface area contributed by atoms with Gasteiger partial charge in [-0.15, -0.1) is 10.2 Å². The summed E-state index contributed by atoms with van der Waals surface area (Å²) in [6, 6.07) is 9.71. The monoisotopic (exact) mass is 388 g/mol. The molecule has 1 aliphatic rings. The van der Waals surface area contributed by atoms with Crippen LogP contribution >= 0.6 is 0 Å². The van der Waals surface area contributed by atoms with Gasteiger partial charge in [0.1, 0.15) is 6.33 Å². The largest absolute Gasteiger partial charge is 0.351 e. The molecule has 5 rings (SSSR count). The normalized spacial score (nSPS) is 16.4. The number of fused-ring (bicyclic) bond motifs is 1. The summed E-state index contributed by atoms with van der Waals surface area (Å²) in [6.07, 6.45) is 7.85. The lowest BCUT2D eigenvalue weighted by molar-refractivity contribution is 0.0935. The molecule has 0 radical (unpaired) electrons. The highest BCUT2D eigenvalue weighted by Gasteiger charge is 2.27. The lowest BCUT2D eigenvalue weighted by Crippen LogP contribution is -2.37. The smallest absolute Gasteiger partial charge is 0.272 e. The van der Waals surface area contributed by atoms with Gasteiger partial charge in [-0.25, -0.2) is 9.67 Å². The van der Waals surface area contributed by atoms with E-state index < -0.39 is 0 Å². The zero-order chi connectivity index (χ0) is 19.8. The molecule has 146 valence electrons. The molecule has 1 amide bonds. The van der Waals surface area contributed by atoms with Crippen LogP contribution in [0.2, 0.25) is 0 Å². The number of para-hydroxylation sites is 1. The fourth-order valence-electron chi connectivity index (χ4n) is 3.70. The Bertz CT molecular complexity index is 1180. The Morgan fingerprint density at radius 3 is 3.00 bits per heavy atom. The average Bonchev–Trinajstić information content (AvgIpc) is 3.48. The minimum absolute atomic E-state index is 0.0242. The highest BCUT2D eigenvalue weighted by Crippen LogP contribution is 2.21. The number of anilines is 1. The maximum atomic E-state index is 12.7. The Morgan fingerprint density at radius 2 is 2.10 bits per heavy atom. The molecule has 0 unspecified atom stereocenters. The summed E-state index contributed by atoms with van der Waals surface area (Å²) < 4.78 is 3.58. The average molecular weight is 388 g/mol. The summed E-state index contributed by atoms with van der Waals surface area (Å²) >= 11 is 0. The lowest BCUT2D eigenvalue weighted by Gasteiger charge is -2.17. The SMILES string of the molecule is Cc1ccccc1-n1ccc(C(=O)N[C@H]2CCN(c3nccn4cnnc34)C2)n1. The third-order valence-electron chi connectivity index (χ3n) is 5.20. The molecule has 4 aromatic rings. The predicted octanol–water partition coefficient (Wildman–Crippen LogP) is 1.63. The Kier molecular flexibility index (Phi) is 4.19. The van der Waals surface area contributed by atoms with E-state index in [0.29, 0.717) is 12.2 Å². The third kappa shape index (κ3) is 3.20. The van der Waals surface area contributed by atoms with Gasteiger partial charge >= 0.3 is 0 Å². The molecule has 1 aliphatic heterocycles. The van der Waals surface area contributed by atoms with E-state index in [1.807, 2.05) is 48.0 Å². The van der Waals surface area contributed by atoms with Crippen molar-refractivity contribution in [2.45, 2.75) is 19.4 Å². The minimum Gasteiger partial charge on any atom is -0.351 e. The standard InChI is InChI=1S/C20H20N8O/c1-14-4-2-3-5-17(14)28-10-7-16(25-28)20(29)23-15-6-9-26(12-15)18-19-24-22-13-27(19)11-8-21-18/h2-5,7-8,10-11,13,15H,6,9,12H2,1H3,(H,23,29)/t15-/m0/s1. The van der Waals surface area contributed by atoms with Crippen LogP contribution in [0.4, 0.5) is 5.82 Å². The summed E-state index contributed by atoms with van der Waals surface area (Å²) in [5.74, 6) is 0.614. The molecule has 9 heteroatoms. The van der Waals surface area contributed by atoms with Gasteiger partial charge in [0.15, 0.2) is 11.5 Å². The Hall–Kier alpha value is -3.75. The molecule has 3 aromatic heterocycles. The van der Waals surface area contributed by atoms with Crippen molar-refractivity contribution in [2.75, 3.05) is 18.0 Å². The first-order valence-corrected chi connectivity index (χ1v) is 9.51. The van der Waals surface area contributed by atoms with E-state index >= 15 is 0 Å². The van der Waals surface area contributed by atoms with E-state index in [1.54, 1.807) is 23.3 Å². The van der Waals surface area contributed by atoms with Gasteiger partial charge in [0.25, 0.3) is 5.91 Å². The molecule has 29 heavy (non-hydrogen) atoms. The van der Waals surface area contributed by atoms with E-state index in [4.69, 9.17) is 0 Å². The van der Waals surface area contributed by atoms with Crippen LogP contribution in [-0.4, -0.2) is 54.4 Å². The molecule has 0 bridgehead atoms. The van der Waals surface area contributed by atoms with E-state index in [-0.39, 0.29) is 11.9 Å². The van der Waals surface area contributed by atoms with Crippen LogP contribution in [0.5, 0.6) is 0 Å². The van der Waals surface area contributed by atoms with Crippen molar-refractivity contribution >= 4 is 17.4 Å². The number of rotatable bonds is 4. The van der Waals surface area contributed by atoms with Crippen LogP contribution in [-0.2, 0) is 0 Å². The summed E-state index contributed by atoms with van der Waals surface area (Å²) in [7, 11) is 0. The summed E-state index contributed by atoms with van der Waals surface area (Å²) in [6.45, 7) is 3.49. The van der Waals surface area contributed by atoms with E-state index in [0.717, 1.165) is 35.7 Å². The number of aromatic nitrogens is 6. The molecule has 0 spiro atoms. The predicted molar refractivity (Wildman–Crippen MR) is 107 cm³/mol. The number of amides is 1. The highest BCUT2D eigenvalue weighted by atomic mass is 16.2. The molecule has 1 saturated heterocycles. The maximum Gasteiger partial charge on any atom is 0.272 e. The van der Waals surface area contributed by atoms with Crippen LogP contribution in [0.3, 0.4) is 0 Å². The number of carbonyl (C=O) groups excluding carboxylic acids is 1. The number of nitrogens with zero attached hydrogens (tertiary/aromatic N) is 7. The van der Waals surface area contributed by atoms with Crippen molar-refractivity contribution in [1.29, 1.82) is 0 Å². The number of nitrogens with one attached hydrogen (secondary N) is 1. The number of carbonyl (C=O) groups is 1. The van der Waals surface area contributed by atoms with Gasteiger partial charge in [0.05, 0.1) is 5.69 Å². The fraction of sp³-hybridized carbons (Fsp3) is 0.250.